The van der Waals surface area contributed by atoms with Crippen molar-refractivity contribution in [1.82, 2.24) is 4.98 Å². The monoisotopic (exact) mass is 230 g/mol. The van der Waals surface area contributed by atoms with Crippen molar-refractivity contribution in [2.45, 2.75) is 31.9 Å². The lowest BCUT2D eigenvalue weighted by molar-refractivity contribution is 0.0263. The molecule has 0 bridgehead atoms. The summed E-state index contributed by atoms with van der Waals surface area (Å²) in [5.74, 6) is 0.387. The van der Waals surface area contributed by atoms with Gasteiger partial charge in [-0.3, -0.25) is 0 Å². The van der Waals surface area contributed by atoms with Crippen molar-refractivity contribution in [3.8, 4) is 0 Å². The van der Waals surface area contributed by atoms with Crippen molar-refractivity contribution in [1.29, 1.82) is 0 Å². The molecule has 0 aromatic carbocycles. The average Bonchev–Trinajstić information content (AvgIpc) is 2.70. The third-order valence-electron chi connectivity index (χ3n) is 2.81. The molecule has 0 aliphatic carbocycles. The Labute approximate surface area is 94.2 Å². The Balaban J connectivity index is 2.14. The largest absolute Gasteiger partial charge is 0.432 e. The van der Waals surface area contributed by atoms with Gasteiger partial charge >= 0.3 is 0 Å². The van der Waals surface area contributed by atoms with E-state index in [4.69, 9.17) is 20.8 Å². The quantitative estimate of drug-likeness (QED) is 0.729. The van der Waals surface area contributed by atoms with Gasteiger partial charge in [-0.25, -0.2) is 0 Å². The first-order chi connectivity index (χ1) is 7.22. The predicted octanol–water partition coefficient (Wildman–Crippen LogP) is 2.03. The van der Waals surface area contributed by atoms with Gasteiger partial charge in [0.1, 0.15) is 6.26 Å². The van der Waals surface area contributed by atoms with Crippen LogP contribution >= 0.6 is 11.6 Å². The lowest BCUT2D eigenvalue weighted by Crippen LogP contribution is -2.48. The van der Waals surface area contributed by atoms with Crippen LogP contribution in [0, 0.1) is 0 Å². The van der Waals surface area contributed by atoms with E-state index in [-0.39, 0.29) is 12.1 Å². The van der Waals surface area contributed by atoms with E-state index < -0.39 is 0 Å². The molecule has 2 heterocycles. The molecule has 84 valence electrons. The molecular formula is C10H15ClN2O2. The van der Waals surface area contributed by atoms with Crippen molar-refractivity contribution in [2.24, 2.45) is 0 Å². The third-order valence-corrected chi connectivity index (χ3v) is 3.08. The number of hydrogen-bond donors (Lipinski definition) is 0. The zero-order valence-corrected chi connectivity index (χ0v) is 9.70. The van der Waals surface area contributed by atoms with Crippen LogP contribution in [0.25, 0.3) is 0 Å². The van der Waals surface area contributed by atoms with Crippen LogP contribution in [0.4, 0.5) is 6.01 Å². The molecule has 5 heteroatoms. The number of halogens is 1. The Hall–Kier alpha value is -0.740. The molecule has 0 saturated carbocycles. The Morgan fingerprint density at radius 1 is 1.60 bits per heavy atom. The van der Waals surface area contributed by atoms with Gasteiger partial charge in [0.25, 0.3) is 6.01 Å². The molecule has 0 radical (unpaired) electrons. The third kappa shape index (κ3) is 2.11. The molecule has 1 aromatic heterocycles. The molecule has 0 amide bonds. The van der Waals surface area contributed by atoms with Gasteiger partial charge in [-0.15, -0.1) is 11.6 Å². The summed E-state index contributed by atoms with van der Waals surface area (Å²) in [5, 5.41) is 0. The maximum absolute atomic E-state index is 5.68. The van der Waals surface area contributed by atoms with Gasteiger partial charge in [-0.2, -0.15) is 4.98 Å². The number of ether oxygens (including phenoxy) is 1. The molecule has 1 aliphatic rings. The molecule has 1 fully saturated rings. The van der Waals surface area contributed by atoms with Crippen molar-refractivity contribution in [2.75, 3.05) is 18.1 Å². The average molecular weight is 231 g/mol. The minimum absolute atomic E-state index is 0.199. The number of anilines is 1. The topological polar surface area (TPSA) is 38.5 Å². The minimum Gasteiger partial charge on any atom is -0.432 e. The molecule has 0 N–H and O–H groups in total. The van der Waals surface area contributed by atoms with Gasteiger partial charge in [0.2, 0.25) is 0 Å². The number of morpholine rings is 1. The van der Waals surface area contributed by atoms with Crippen LogP contribution in [0.15, 0.2) is 10.7 Å². The maximum Gasteiger partial charge on any atom is 0.297 e. The standard InChI is InChI=1S/C10H15ClN2O2/c1-7-8(2)14-4-3-13(7)10-12-9(5-11)6-15-10/h6-8H,3-5H2,1-2H3. The van der Waals surface area contributed by atoms with Gasteiger partial charge in [0.05, 0.1) is 30.3 Å². The first-order valence-corrected chi connectivity index (χ1v) is 5.64. The highest BCUT2D eigenvalue weighted by atomic mass is 35.5. The smallest absolute Gasteiger partial charge is 0.297 e. The summed E-state index contributed by atoms with van der Waals surface area (Å²) in [6.07, 6.45) is 1.81. The van der Waals surface area contributed by atoms with E-state index in [0.717, 1.165) is 12.2 Å². The van der Waals surface area contributed by atoms with Crippen molar-refractivity contribution >= 4 is 17.6 Å². The normalized spacial score (nSPS) is 27.0. The zero-order chi connectivity index (χ0) is 10.8. The van der Waals surface area contributed by atoms with Gasteiger partial charge in [0, 0.05) is 6.54 Å². The molecule has 1 aromatic rings. The van der Waals surface area contributed by atoms with E-state index in [0.29, 0.717) is 18.5 Å². The van der Waals surface area contributed by atoms with Gasteiger partial charge in [-0.05, 0) is 13.8 Å². The fourth-order valence-corrected chi connectivity index (χ4v) is 1.82. The predicted molar refractivity (Wildman–Crippen MR) is 58.3 cm³/mol. The number of rotatable bonds is 2. The van der Waals surface area contributed by atoms with Gasteiger partial charge < -0.3 is 14.1 Å². The van der Waals surface area contributed by atoms with E-state index in [9.17, 15) is 0 Å². The fraction of sp³-hybridized carbons (Fsp3) is 0.700. The molecule has 2 unspecified atom stereocenters. The second kappa shape index (κ2) is 4.41. The molecule has 4 nitrogen and oxygen atoms in total. The van der Waals surface area contributed by atoms with Crippen LogP contribution in [-0.4, -0.2) is 30.3 Å². The number of oxazole rings is 1. The number of nitrogens with zero attached hydrogens (tertiary/aromatic N) is 2. The molecule has 0 spiro atoms. The fourth-order valence-electron chi connectivity index (χ4n) is 1.69. The summed E-state index contributed by atoms with van der Waals surface area (Å²) >= 11 is 5.68. The summed E-state index contributed by atoms with van der Waals surface area (Å²) in [4.78, 5) is 6.42. The molecule has 1 saturated heterocycles. The SMILES string of the molecule is CC1OCCN(c2nc(CCl)co2)C1C. The number of alkyl halides is 1. The first-order valence-electron chi connectivity index (χ1n) is 5.11. The van der Waals surface area contributed by atoms with Crippen molar-refractivity contribution in [3.05, 3.63) is 12.0 Å². The first kappa shape index (κ1) is 10.8. The Morgan fingerprint density at radius 3 is 3.07 bits per heavy atom. The molecule has 2 rings (SSSR count). The lowest BCUT2D eigenvalue weighted by atomic mass is 10.1. The zero-order valence-electron chi connectivity index (χ0n) is 8.94. The summed E-state index contributed by atoms with van der Waals surface area (Å²) < 4.78 is 10.9. The van der Waals surface area contributed by atoms with E-state index >= 15 is 0 Å². The summed E-state index contributed by atoms with van der Waals surface area (Å²) in [7, 11) is 0. The van der Waals surface area contributed by atoms with Crippen LogP contribution in [0.5, 0.6) is 0 Å². The highest BCUT2D eigenvalue weighted by Crippen LogP contribution is 2.22. The molecule has 2 atom stereocenters. The summed E-state index contributed by atoms with van der Waals surface area (Å²) in [6, 6.07) is 0.925. The van der Waals surface area contributed by atoms with Crippen molar-refractivity contribution < 1.29 is 9.15 Å². The Bertz CT molecular complexity index is 329. The number of aromatic nitrogens is 1. The molecule has 15 heavy (non-hydrogen) atoms. The lowest BCUT2D eigenvalue weighted by Gasteiger charge is -2.36. The van der Waals surface area contributed by atoms with Crippen LogP contribution in [0.1, 0.15) is 19.5 Å². The van der Waals surface area contributed by atoms with E-state index in [1.165, 1.54) is 0 Å². The Kier molecular flexibility index (Phi) is 3.17. The van der Waals surface area contributed by atoms with Crippen LogP contribution in [0.3, 0.4) is 0 Å². The highest BCUT2D eigenvalue weighted by Gasteiger charge is 2.28. The molecular weight excluding hydrogens is 216 g/mol. The van der Waals surface area contributed by atoms with Crippen LogP contribution < -0.4 is 4.90 Å². The maximum atomic E-state index is 5.68. The summed E-state index contributed by atoms with van der Waals surface area (Å²) in [6.45, 7) is 5.69. The minimum atomic E-state index is 0.199. The van der Waals surface area contributed by atoms with E-state index in [1.807, 2.05) is 0 Å². The highest BCUT2D eigenvalue weighted by molar-refractivity contribution is 6.16. The number of hydrogen-bond acceptors (Lipinski definition) is 4. The Morgan fingerprint density at radius 2 is 2.40 bits per heavy atom. The molecule has 1 aliphatic heterocycles. The second-order valence-electron chi connectivity index (χ2n) is 3.76. The van der Waals surface area contributed by atoms with Gasteiger partial charge in [0.15, 0.2) is 0 Å². The van der Waals surface area contributed by atoms with E-state index in [2.05, 4.69) is 23.7 Å². The summed E-state index contributed by atoms with van der Waals surface area (Å²) in [5.41, 5.74) is 0.776. The van der Waals surface area contributed by atoms with Gasteiger partial charge in [-0.1, -0.05) is 0 Å². The van der Waals surface area contributed by atoms with Crippen LogP contribution in [0.2, 0.25) is 0 Å². The second-order valence-corrected chi connectivity index (χ2v) is 4.03. The van der Waals surface area contributed by atoms with Crippen molar-refractivity contribution in [3.63, 3.8) is 0 Å². The van der Waals surface area contributed by atoms with Crippen LogP contribution in [-0.2, 0) is 10.6 Å². The van der Waals surface area contributed by atoms with E-state index in [1.54, 1.807) is 6.26 Å².